The fourth-order valence-corrected chi connectivity index (χ4v) is 20.9. The average Bonchev–Trinajstić information content (AvgIpc) is 2.53. The van der Waals surface area contributed by atoms with Gasteiger partial charge in [0, 0.05) is 24.6 Å². The molecule has 0 unspecified atom stereocenters. The number of hydrogen-bond acceptors (Lipinski definition) is 4. The summed E-state index contributed by atoms with van der Waals surface area (Å²) in [7, 11) is 3.04. The lowest BCUT2D eigenvalue weighted by Gasteiger charge is -2.21. The smallest absolute Gasteiger partial charge is 0.149 e. The second-order valence-electron chi connectivity index (χ2n) is 6.09. The maximum atomic E-state index is 13.1. The lowest BCUT2D eigenvalue weighted by Crippen LogP contribution is -1.94. The van der Waals surface area contributed by atoms with Crippen molar-refractivity contribution in [3.8, 4) is 0 Å². The number of rotatable bonds is 15. The predicted octanol–water partition coefficient (Wildman–Crippen LogP) is 8.12. The zero-order valence-electron chi connectivity index (χ0n) is 15.0. The second kappa shape index (κ2) is 13.5. The molecule has 0 aromatic rings. The first-order chi connectivity index (χ1) is 10.4. The van der Waals surface area contributed by atoms with Gasteiger partial charge in [0.1, 0.15) is 12.7 Å². The summed E-state index contributed by atoms with van der Waals surface area (Å²) in [6.07, 6.45) is 7.35. The molecular formula is C16H36O2P2S2. The highest BCUT2D eigenvalue weighted by Crippen LogP contribution is 2.76. The molecule has 0 saturated carbocycles. The second-order valence-corrected chi connectivity index (χ2v) is 19.0. The Balaban J connectivity index is 4.70. The van der Waals surface area contributed by atoms with E-state index < -0.39 is 12.7 Å². The normalized spacial score (nSPS) is 12.7. The van der Waals surface area contributed by atoms with Crippen molar-refractivity contribution in [3.05, 3.63) is 0 Å². The fraction of sp³-hybridized carbons (Fsp3) is 1.00. The molecule has 6 heteroatoms. The molecule has 0 aliphatic rings. The Labute approximate surface area is 146 Å². The van der Waals surface area contributed by atoms with Crippen LogP contribution in [0.5, 0.6) is 0 Å². The van der Waals surface area contributed by atoms with E-state index in [1.54, 1.807) is 0 Å². The van der Waals surface area contributed by atoms with Crippen molar-refractivity contribution in [2.45, 2.75) is 79.1 Å². The van der Waals surface area contributed by atoms with Crippen LogP contribution in [-0.4, -0.2) is 24.6 Å². The monoisotopic (exact) mass is 386 g/mol. The van der Waals surface area contributed by atoms with Crippen molar-refractivity contribution >= 4 is 33.5 Å². The summed E-state index contributed by atoms with van der Waals surface area (Å²) in [5.41, 5.74) is 0. The van der Waals surface area contributed by atoms with Crippen molar-refractivity contribution in [2.75, 3.05) is 24.6 Å². The topological polar surface area (TPSA) is 34.1 Å². The van der Waals surface area contributed by atoms with Crippen LogP contribution in [0.3, 0.4) is 0 Å². The molecule has 0 saturated heterocycles. The Bertz CT molecular complexity index is 304. The summed E-state index contributed by atoms with van der Waals surface area (Å²) in [5, 5.41) is 0. The molecule has 0 aliphatic carbocycles. The van der Waals surface area contributed by atoms with Gasteiger partial charge >= 0.3 is 0 Å². The number of hydrogen-bond donors (Lipinski definition) is 0. The van der Waals surface area contributed by atoms with Crippen LogP contribution in [-0.2, 0) is 9.13 Å². The summed E-state index contributed by atoms with van der Waals surface area (Å²) in [6, 6.07) is 0. The van der Waals surface area contributed by atoms with Crippen LogP contribution in [0.2, 0.25) is 0 Å². The van der Waals surface area contributed by atoms with Gasteiger partial charge in [0.25, 0.3) is 0 Å². The molecule has 0 radical (unpaired) electrons. The first-order valence-corrected chi connectivity index (χ1v) is 16.5. The summed E-state index contributed by atoms with van der Waals surface area (Å²) in [4.78, 5) is 0. The zero-order valence-corrected chi connectivity index (χ0v) is 18.4. The van der Waals surface area contributed by atoms with E-state index >= 15 is 0 Å². The van der Waals surface area contributed by atoms with E-state index in [1.807, 2.05) is 0 Å². The van der Waals surface area contributed by atoms with Crippen molar-refractivity contribution in [1.29, 1.82) is 0 Å². The van der Waals surface area contributed by atoms with Gasteiger partial charge in [-0.25, -0.2) is 0 Å². The van der Waals surface area contributed by atoms with Crippen LogP contribution in [0.1, 0.15) is 79.1 Å². The maximum absolute atomic E-state index is 13.1. The first kappa shape index (κ1) is 23.2. The van der Waals surface area contributed by atoms with E-state index in [2.05, 4.69) is 27.7 Å². The molecule has 0 aromatic carbocycles. The lowest BCUT2D eigenvalue weighted by molar-refractivity contribution is 0.579. The highest BCUT2D eigenvalue weighted by atomic mass is 33.5. The summed E-state index contributed by atoms with van der Waals surface area (Å²) >= 11 is 0. The van der Waals surface area contributed by atoms with Crippen molar-refractivity contribution < 1.29 is 9.13 Å². The van der Waals surface area contributed by atoms with Crippen molar-refractivity contribution in [1.82, 2.24) is 0 Å². The molecule has 0 aromatic heterocycles. The zero-order chi connectivity index (χ0) is 16.9. The van der Waals surface area contributed by atoms with Gasteiger partial charge in [-0.05, 0) is 46.5 Å². The number of unbranched alkanes of at least 4 members (excludes halogenated alkanes) is 4. The van der Waals surface area contributed by atoms with Gasteiger partial charge in [-0.3, -0.25) is 0 Å². The van der Waals surface area contributed by atoms with Crippen LogP contribution in [0, 0.1) is 0 Å². The Morgan fingerprint density at radius 1 is 0.545 bits per heavy atom. The largest absolute Gasteiger partial charge is 0.311 e. The molecule has 0 spiro atoms. The summed E-state index contributed by atoms with van der Waals surface area (Å²) in [6.45, 7) is 8.59. The molecule has 0 atom stereocenters. The fourth-order valence-electron chi connectivity index (χ4n) is 2.09. The van der Waals surface area contributed by atoms with E-state index in [1.165, 1.54) is 20.8 Å². The van der Waals surface area contributed by atoms with Crippen molar-refractivity contribution in [3.63, 3.8) is 0 Å². The maximum Gasteiger partial charge on any atom is 0.149 e. The SMILES string of the molecule is CCCCP(=O)(CCCC)SSP(=O)(CCCC)CCCC. The van der Waals surface area contributed by atoms with E-state index in [4.69, 9.17) is 0 Å². The minimum Gasteiger partial charge on any atom is -0.311 e. The van der Waals surface area contributed by atoms with Gasteiger partial charge < -0.3 is 9.13 Å². The van der Waals surface area contributed by atoms with Gasteiger partial charge in [-0.15, -0.1) is 0 Å². The third-order valence-corrected chi connectivity index (χ3v) is 19.6. The van der Waals surface area contributed by atoms with Crippen LogP contribution >= 0.6 is 33.5 Å². The van der Waals surface area contributed by atoms with Gasteiger partial charge in [0.2, 0.25) is 0 Å². The Morgan fingerprint density at radius 2 is 0.773 bits per heavy atom. The molecule has 0 aliphatic heterocycles. The molecule has 134 valence electrons. The van der Waals surface area contributed by atoms with E-state index in [0.29, 0.717) is 0 Å². The highest BCUT2D eigenvalue weighted by Gasteiger charge is 2.29. The lowest BCUT2D eigenvalue weighted by atomic mass is 10.4. The summed E-state index contributed by atoms with van der Waals surface area (Å²) < 4.78 is 26.3. The first-order valence-electron chi connectivity index (χ1n) is 8.99. The van der Waals surface area contributed by atoms with E-state index in [-0.39, 0.29) is 0 Å². The Kier molecular flexibility index (Phi) is 14.2. The molecule has 0 fully saturated rings. The Hall–Kier alpha value is 1.16. The molecule has 0 amide bonds. The van der Waals surface area contributed by atoms with Crippen molar-refractivity contribution in [2.24, 2.45) is 0 Å². The summed E-state index contributed by atoms with van der Waals surface area (Å²) in [5.74, 6) is 0. The molecule has 0 heterocycles. The van der Waals surface area contributed by atoms with Crippen LogP contribution in [0.4, 0.5) is 0 Å². The molecular weight excluding hydrogens is 350 g/mol. The minimum absolute atomic E-state index is 0.822. The van der Waals surface area contributed by atoms with Gasteiger partial charge in [0.15, 0.2) is 0 Å². The molecule has 2 nitrogen and oxygen atoms in total. The van der Waals surface area contributed by atoms with E-state index in [0.717, 1.165) is 76.0 Å². The third kappa shape index (κ3) is 10.8. The molecule has 0 N–H and O–H groups in total. The van der Waals surface area contributed by atoms with Gasteiger partial charge in [-0.2, -0.15) is 0 Å². The van der Waals surface area contributed by atoms with Gasteiger partial charge in [-0.1, -0.05) is 53.4 Å². The quantitative estimate of drug-likeness (QED) is 0.210. The Morgan fingerprint density at radius 3 is 0.955 bits per heavy atom. The average molecular weight is 387 g/mol. The standard InChI is InChI=1S/C16H36O2P2S2/c1-5-9-13-19(17,14-10-6-2)21-22-20(18,15-11-7-3)16-12-8-4/h5-16H2,1-4H3. The molecule has 22 heavy (non-hydrogen) atoms. The molecule has 0 bridgehead atoms. The predicted molar refractivity (Wildman–Crippen MR) is 109 cm³/mol. The third-order valence-electron chi connectivity index (χ3n) is 3.71. The van der Waals surface area contributed by atoms with E-state index in [9.17, 15) is 9.13 Å². The van der Waals surface area contributed by atoms with Crippen LogP contribution in [0.25, 0.3) is 0 Å². The molecule has 0 rings (SSSR count). The van der Waals surface area contributed by atoms with Crippen LogP contribution < -0.4 is 0 Å². The van der Waals surface area contributed by atoms with Gasteiger partial charge in [0.05, 0.1) is 0 Å². The minimum atomic E-state index is -2.21. The highest BCUT2D eigenvalue weighted by molar-refractivity contribution is 9.14. The van der Waals surface area contributed by atoms with Crippen LogP contribution in [0.15, 0.2) is 0 Å².